The van der Waals surface area contributed by atoms with Gasteiger partial charge in [-0.15, -0.1) is 0 Å². The number of methoxy groups -OCH3 is 1. The van der Waals surface area contributed by atoms with Crippen molar-refractivity contribution in [3.8, 4) is 5.75 Å². The van der Waals surface area contributed by atoms with Gasteiger partial charge in [0.2, 0.25) is 0 Å². The Morgan fingerprint density at radius 1 is 1.37 bits per heavy atom. The van der Waals surface area contributed by atoms with Gasteiger partial charge in [0.05, 0.1) is 13.7 Å². The number of carbonyl (C=O) groups excluding carboxylic acids is 1. The van der Waals surface area contributed by atoms with Gasteiger partial charge < -0.3 is 14.2 Å². The average Bonchev–Trinajstić information content (AvgIpc) is 3.08. The van der Waals surface area contributed by atoms with Crippen molar-refractivity contribution in [3.63, 3.8) is 0 Å². The number of ether oxygens (including phenoxy) is 3. The van der Waals surface area contributed by atoms with Crippen LogP contribution < -0.4 is 4.74 Å². The van der Waals surface area contributed by atoms with E-state index in [0.717, 1.165) is 11.3 Å². The van der Waals surface area contributed by atoms with E-state index in [4.69, 9.17) is 14.2 Å². The molecule has 0 saturated carbocycles. The summed E-state index contributed by atoms with van der Waals surface area (Å²) < 4.78 is 16.2. The molecule has 1 aliphatic rings. The van der Waals surface area contributed by atoms with Crippen LogP contribution in [0.5, 0.6) is 5.75 Å². The van der Waals surface area contributed by atoms with Gasteiger partial charge in [0.25, 0.3) is 0 Å². The molecule has 104 valence electrons. The Kier molecular flexibility index (Phi) is 3.54. The maximum Gasteiger partial charge on any atom is 0.341 e. The number of hydrogen-bond donors (Lipinski definition) is 0. The Hall–Kier alpha value is -1.55. The maximum atomic E-state index is 12.1. The molecule has 1 aliphatic heterocycles. The van der Waals surface area contributed by atoms with Crippen molar-refractivity contribution < 1.29 is 19.0 Å². The molecule has 2 rings (SSSR count). The predicted octanol–water partition coefficient (Wildman–Crippen LogP) is 2.65. The molecule has 0 aliphatic carbocycles. The molecule has 4 nitrogen and oxygen atoms in total. The van der Waals surface area contributed by atoms with Crippen molar-refractivity contribution >= 4 is 5.97 Å². The highest BCUT2D eigenvalue weighted by atomic mass is 16.7. The molecule has 0 bridgehead atoms. The Labute approximate surface area is 113 Å². The van der Waals surface area contributed by atoms with Crippen LogP contribution in [0.3, 0.4) is 0 Å². The first-order chi connectivity index (χ1) is 9.04. The average molecular weight is 264 g/mol. The van der Waals surface area contributed by atoms with E-state index in [9.17, 15) is 4.79 Å². The van der Waals surface area contributed by atoms with Crippen LogP contribution in [0.1, 0.15) is 32.8 Å². The molecule has 0 N–H and O–H groups in total. The fourth-order valence-corrected chi connectivity index (χ4v) is 2.57. The van der Waals surface area contributed by atoms with Crippen LogP contribution in [0.25, 0.3) is 0 Å². The lowest BCUT2D eigenvalue weighted by atomic mass is 9.86. The third-order valence-corrected chi connectivity index (χ3v) is 3.83. The zero-order valence-corrected chi connectivity index (χ0v) is 11.9. The third-order valence-electron chi connectivity index (χ3n) is 3.83. The first-order valence-electron chi connectivity index (χ1n) is 6.56. The van der Waals surface area contributed by atoms with Gasteiger partial charge in [-0.2, -0.15) is 0 Å². The summed E-state index contributed by atoms with van der Waals surface area (Å²) in [5.74, 6) is 0.464. The van der Waals surface area contributed by atoms with Crippen LogP contribution in [-0.4, -0.2) is 25.3 Å². The molecule has 1 saturated heterocycles. The Morgan fingerprint density at radius 3 is 2.68 bits per heavy atom. The van der Waals surface area contributed by atoms with Crippen molar-refractivity contribution in [1.29, 1.82) is 0 Å². The molecular formula is C15H20O4. The predicted molar refractivity (Wildman–Crippen MR) is 71.1 cm³/mol. The zero-order valence-electron chi connectivity index (χ0n) is 11.9. The molecule has 1 heterocycles. The maximum absolute atomic E-state index is 12.1. The first-order valence-corrected chi connectivity index (χ1v) is 6.56. The van der Waals surface area contributed by atoms with E-state index in [0.29, 0.717) is 13.0 Å². The third kappa shape index (κ3) is 2.00. The Balaban J connectivity index is 2.32. The molecule has 0 amide bonds. The van der Waals surface area contributed by atoms with Gasteiger partial charge in [-0.1, -0.05) is 19.1 Å². The van der Waals surface area contributed by atoms with Crippen LogP contribution in [0, 0.1) is 0 Å². The van der Waals surface area contributed by atoms with Gasteiger partial charge in [-0.3, -0.25) is 0 Å². The van der Waals surface area contributed by atoms with E-state index in [1.807, 2.05) is 38.1 Å². The van der Waals surface area contributed by atoms with E-state index in [-0.39, 0.29) is 5.97 Å². The molecule has 2 unspecified atom stereocenters. The highest BCUT2D eigenvalue weighted by molar-refractivity contribution is 5.85. The summed E-state index contributed by atoms with van der Waals surface area (Å²) in [6, 6.07) is 7.61. The minimum atomic E-state index is -0.866. The fourth-order valence-electron chi connectivity index (χ4n) is 2.57. The van der Waals surface area contributed by atoms with E-state index < -0.39 is 11.2 Å². The molecule has 2 atom stereocenters. The molecule has 19 heavy (non-hydrogen) atoms. The lowest BCUT2D eigenvalue weighted by Crippen LogP contribution is -2.32. The van der Waals surface area contributed by atoms with Crippen LogP contribution >= 0.6 is 0 Å². The fraction of sp³-hybridized carbons (Fsp3) is 0.533. The van der Waals surface area contributed by atoms with Crippen molar-refractivity contribution in [3.05, 3.63) is 29.8 Å². The second-order valence-electron chi connectivity index (χ2n) is 4.77. The lowest BCUT2D eigenvalue weighted by Gasteiger charge is -2.15. The van der Waals surface area contributed by atoms with Crippen LogP contribution in [-0.2, 0) is 19.9 Å². The van der Waals surface area contributed by atoms with Gasteiger partial charge in [0, 0.05) is 0 Å². The first kappa shape index (κ1) is 13.9. The number of epoxide rings is 1. The van der Waals surface area contributed by atoms with Gasteiger partial charge >= 0.3 is 5.97 Å². The summed E-state index contributed by atoms with van der Waals surface area (Å²) in [6.45, 7) is 6.01. The molecule has 0 aromatic heterocycles. The van der Waals surface area contributed by atoms with Crippen LogP contribution in [0.15, 0.2) is 24.3 Å². The largest absolute Gasteiger partial charge is 0.497 e. The Morgan fingerprint density at radius 2 is 2.11 bits per heavy atom. The SMILES string of the molecule is CCOC(=O)C1(CC)OC1(C)c1cccc(OC)c1. The van der Waals surface area contributed by atoms with Gasteiger partial charge in [-0.25, -0.2) is 4.79 Å². The van der Waals surface area contributed by atoms with Crippen molar-refractivity contribution in [1.82, 2.24) is 0 Å². The smallest absolute Gasteiger partial charge is 0.341 e. The summed E-state index contributed by atoms with van der Waals surface area (Å²) in [7, 11) is 1.62. The number of hydrogen-bond acceptors (Lipinski definition) is 4. The van der Waals surface area contributed by atoms with Crippen LogP contribution in [0.2, 0.25) is 0 Å². The quantitative estimate of drug-likeness (QED) is 0.606. The van der Waals surface area contributed by atoms with Gasteiger partial charge in [-0.05, 0) is 38.0 Å². The molecule has 1 aromatic rings. The Bertz CT molecular complexity index is 485. The van der Waals surface area contributed by atoms with Crippen LogP contribution in [0.4, 0.5) is 0 Å². The summed E-state index contributed by atoms with van der Waals surface area (Å²) >= 11 is 0. The standard InChI is InChI=1S/C15H20O4/c1-5-15(13(16)18-6-2)14(3,19-15)11-8-7-9-12(10-11)17-4/h7-10H,5-6H2,1-4H3. The van der Waals surface area contributed by atoms with Crippen molar-refractivity contribution in [2.45, 2.75) is 38.4 Å². The summed E-state index contributed by atoms with van der Waals surface area (Å²) in [5.41, 5.74) is -0.570. The monoisotopic (exact) mass is 264 g/mol. The number of carbonyl (C=O) groups is 1. The summed E-state index contributed by atoms with van der Waals surface area (Å²) in [6.07, 6.45) is 0.583. The minimum absolute atomic E-state index is 0.289. The molecule has 4 heteroatoms. The normalized spacial score (nSPS) is 28.8. The minimum Gasteiger partial charge on any atom is -0.497 e. The summed E-state index contributed by atoms with van der Waals surface area (Å²) in [5, 5.41) is 0. The second kappa shape index (κ2) is 4.85. The molecule has 0 radical (unpaired) electrons. The van der Waals surface area contributed by atoms with Gasteiger partial charge in [0.15, 0.2) is 5.60 Å². The van der Waals surface area contributed by atoms with E-state index in [1.165, 1.54) is 0 Å². The van der Waals surface area contributed by atoms with E-state index in [2.05, 4.69) is 0 Å². The zero-order chi connectivity index (χ0) is 14.1. The van der Waals surface area contributed by atoms with E-state index >= 15 is 0 Å². The van der Waals surface area contributed by atoms with Crippen molar-refractivity contribution in [2.24, 2.45) is 0 Å². The number of benzene rings is 1. The highest BCUT2D eigenvalue weighted by Crippen LogP contribution is 2.58. The van der Waals surface area contributed by atoms with E-state index in [1.54, 1.807) is 14.0 Å². The number of esters is 1. The highest BCUT2D eigenvalue weighted by Gasteiger charge is 2.72. The topological polar surface area (TPSA) is 48.1 Å². The molecule has 1 aromatic carbocycles. The molecular weight excluding hydrogens is 244 g/mol. The van der Waals surface area contributed by atoms with Crippen molar-refractivity contribution in [2.75, 3.05) is 13.7 Å². The number of rotatable bonds is 5. The lowest BCUT2D eigenvalue weighted by molar-refractivity contribution is -0.149. The van der Waals surface area contributed by atoms with Gasteiger partial charge in [0.1, 0.15) is 11.4 Å². The molecule has 1 fully saturated rings. The molecule has 0 spiro atoms. The second-order valence-corrected chi connectivity index (χ2v) is 4.77. The summed E-state index contributed by atoms with van der Waals surface area (Å²) in [4.78, 5) is 12.1.